The summed E-state index contributed by atoms with van der Waals surface area (Å²) < 4.78 is 11.6. The van der Waals surface area contributed by atoms with Crippen LogP contribution in [0.1, 0.15) is 0 Å². The third-order valence-corrected chi connectivity index (χ3v) is 4.62. The molecule has 1 aliphatic rings. The minimum absolute atomic E-state index is 0.396. The molecule has 0 radical (unpaired) electrons. The molecule has 1 aromatic heterocycles. The number of aliphatic hydroxyl groups is 3. The van der Waals surface area contributed by atoms with Crippen LogP contribution in [-0.4, -0.2) is 51.5 Å². The fourth-order valence-electron chi connectivity index (χ4n) is 2.28. The maximum atomic E-state index is 9.88. The zero-order valence-electron chi connectivity index (χ0n) is 10.7. The summed E-state index contributed by atoms with van der Waals surface area (Å²) >= 11 is 9.35. The molecule has 4 atom stereocenters. The first kappa shape index (κ1) is 15.1. The monoisotopic (exact) mass is 377 g/mol. The molecule has 0 unspecified atom stereocenters. The molecular formula is C13H13BrClNO5. The van der Waals surface area contributed by atoms with E-state index in [1.165, 1.54) is 0 Å². The highest BCUT2D eigenvalue weighted by Gasteiger charge is 2.44. The lowest BCUT2D eigenvalue weighted by molar-refractivity contribution is -0.115. The Kier molecular flexibility index (Phi) is 4.13. The van der Waals surface area contributed by atoms with E-state index in [2.05, 4.69) is 20.9 Å². The van der Waals surface area contributed by atoms with Gasteiger partial charge in [0.2, 0.25) is 6.29 Å². The second kappa shape index (κ2) is 5.75. The summed E-state index contributed by atoms with van der Waals surface area (Å²) in [7, 11) is 0. The Morgan fingerprint density at radius 3 is 2.76 bits per heavy atom. The van der Waals surface area contributed by atoms with Gasteiger partial charge in [0, 0.05) is 16.1 Å². The number of H-pyrrole nitrogens is 1. The molecule has 2 heterocycles. The van der Waals surface area contributed by atoms with Crippen molar-refractivity contribution < 1.29 is 24.8 Å². The molecule has 1 fully saturated rings. The third kappa shape index (κ3) is 2.65. The molecule has 21 heavy (non-hydrogen) atoms. The van der Waals surface area contributed by atoms with Crippen molar-refractivity contribution in [3.63, 3.8) is 0 Å². The van der Waals surface area contributed by atoms with Crippen LogP contribution < -0.4 is 4.74 Å². The van der Waals surface area contributed by atoms with Gasteiger partial charge in [-0.25, -0.2) is 0 Å². The number of hydrogen-bond acceptors (Lipinski definition) is 5. The number of nitrogens with one attached hydrogen (secondary N) is 1. The summed E-state index contributed by atoms with van der Waals surface area (Å²) in [6, 6.07) is 3.52. The Labute approximate surface area is 133 Å². The number of aromatic amines is 1. The molecule has 0 bridgehead atoms. The lowest BCUT2D eigenvalue weighted by atomic mass is 10.1. The topological polar surface area (TPSA) is 94.9 Å². The molecule has 1 saturated heterocycles. The Morgan fingerprint density at radius 2 is 2.10 bits per heavy atom. The van der Waals surface area contributed by atoms with E-state index in [0.717, 1.165) is 10.9 Å². The Morgan fingerprint density at radius 1 is 1.33 bits per heavy atom. The molecule has 4 N–H and O–H groups in total. The SMILES string of the molecule is OC[C@H]1O[C@@H](Oc2c[nH]c3cc(Cl)c(Br)cc23)[C@H](O)[C@H]1O. The van der Waals surface area contributed by atoms with Gasteiger partial charge >= 0.3 is 0 Å². The highest BCUT2D eigenvalue weighted by atomic mass is 79.9. The molecule has 1 aliphatic heterocycles. The average Bonchev–Trinajstić information content (AvgIpc) is 2.96. The number of rotatable bonds is 3. The van der Waals surface area contributed by atoms with Crippen LogP contribution in [-0.2, 0) is 4.74 Å². The number of halogens is 2. The second-order valence-electron chi connectivity index (χ2n) is 4.79. The number of fused-ring (bicyclic) bond motifs is 1. The molecule has 3 rings (SSSR count). The maximum absolute atomic E-state index is 9.88. The number of hydrogen-bond donors (Lipinski definition) is 4. The first-order chi connectivity index (χ1) is 10.0. The second-order valence-corrected chi connectivity index (χ2v) is 6.05. The standard InChI is InChI=1S/C13H13BrClNO5/c14-6-1-5-8(2-7(6)15)16-3-9(5)20-13-12(19)11(18)10(4-17)21-13/h1-3,10-13,16-19H,4H2/t10-,11+,12-,13-/m1/s1. The Bertz CT molecular complexity index is 663. The fourth-order valence-corrected chi connectivity index (χ4v) is 2.78. The van der Waals surface area contributed by atoms with Crippen molar-refractivity contribution in [1.29, 1.82) is 0 Å². The molecule has 6 nitrogen and oxygen atoms in total. The van der Waals surface area contributed by atoms with Gasteiger partial charge < -0.3 is 29.8 Å². The zero-order chi connectivity index (χ0) is 15.1. The average molecular weight is 379 g/mol. The molecule has 0 amide bonds. The zero-order valence-corrected chi connectivity index (χ0v) is 13.0. The van der Waals surface area contributed by atoms with Crippen LogP contribution in [0.2, 0.25) is 5.02 Å². The van der Waals surface area contributed by atoms with Crippen LogP contribution >= 0.6 is 27.5 Å². The van der Waals surface area contributed by atoms with E-state index in [1.54, 1.807) is 18.3 Å². The van der Waals surface area contributed by atoms with Gasteiger partial charge in [0.15, 0.2) is 0 Å². The molecule has 0 aliphatic carbocycles. The Balaban J connectivity index is 1.87. The summed E-state index contributed by atoms with van der Waals surface area (Å²) in [6.07, 6.45) is -2.72. The summed E-state index contributed by atoms with van der Waals surface area (Å²) in [5.74, 6) is 0.456. The lowest BCUT2D eigenvalue weighted by Crippen LogP contribution is -2.35. The van der Waals surface area contributed by atoms with Crippen LogP contribution in [0.25, 0.3) is 10.9 Å². The maximum Gasteiger partial charge on any atom is 0.229 e. The molecule has 0 spiro atoms. The van der Waals surface area contributed by atoms with E-state index >= 15 is 0 Å². The fraction of sp³-hybridized carbons (Fsp3) is 0.385. The van der Waals surface area contributed by atoms with Gasteiger partial charge in [0.05, 0.1) is 17.1 Å². The van der Waals surface area contributed by atoms with Crippen LogP contribution in [0.3, 0.4) is 0 Å². The van der Waals surface area contributed by atoms with Gasteiger partial charge in [-0.1, -0.05) is 11.6 Å². The smallest absolute Gasteiger partial charge is 0.229 e. The number of ether oxygens (including phenoxy) is 2. The van der Waals surface area contributed by atoms with Crippen molar-refractivity contribution in [1.82, 2.24) is 4.98 Å². The number of aliphatic hydroxyl groups excluding tert-OH is 3. The van der Waals surface area contributed by atoms with Crippen molar-refractivity contribution in [2.75, 3.05) is 6.61 Å². The summed E-state index contributed by atoms with van der Waals surface area (Å²) in [6.45, 7) is -0.396. The predicted molar refractivity (Wildman–Crippen MR) is 79.4 cm³/mol. The van der Waals surface area contributed by atoms with Crippen molar-refractivity contribution in [2.24, 2.45) is 0 Å². The minimum Gasteiger partial charge on any atom is -0.460 e. The van der Waals surface area contributed by atoms with E-state index in [0.29, 0.717) is 15.2 Å². The number of aromatic nitrogens is 1. The summed E-state index contributed by atoms with van der Waals surface area (Å²) in [4.78, 5) is 3.00. The van der Waals surface area contributed by atoms with Crippen LogP contribution in [0.4, 0.5) is 0 Å². The van der Waals surface area contributed by atoms with Crippen molar-refractivity contribution in [3.8, 4) is 5.75 Å². The van der Waals surface area contributed by atoms with Gasteiger partial charge in [-0.2, -0.15) is 0 Å². The van der Waals surface area contributed by atoms with Crippen molar-refractivity contribution in [2.45, 2.75) is 24.6 Å². The van der Waals surface area contributed by atoms with Crippen LogP contribution in [0.15, 0.2) is 22.8 Å². The van der Waals surface area contributed by atoms with Gasteiger partial charge in [0.25, 0.3) is 0 Å². The van der Waals surface area contributed by atoms with E-state index in [9.17, 15) is 10.2 Å². The van der Waals surface area contributed by atoms with E-state index in [4.69, 9.17) is 26.2 Å². The molecule has 0 saturated carbocycles. The highest BCUT2D eigenvalue weighted by Crippen LogP contribution is 2.35. The minimum atomic E-state index is -1.23. The van der Waals surface area contributed by atoms with E-state index in [1.807, 2.05) is 0 Å². The lowest BCUT2D eigenvalue weighted by Gasteiger charge is -2.16. The van der Waals surface area contributed by atoms with Gasteiger partial charge in [-0.05, 0) is 28.1 Å². The van der Waals surface area contributed by atoms with Gasteiger partial charge in [-0.15, -0.1) is 0 Å². The predicted octanol–water partition coefficient (Wildman–Crippen LogP) is 1.40. The molecule has 2 aromatic rings. The highest BCUT2D eigenvalue weighted by molar-refractivity contribution is 9.10. The quantitative estimate of drug-likeness (QED) is 0.648. The third-order valence-electron chi connectivity index (χ3n) is 3.43. The molecule has 1 aromatic carbocycles. The van der Waals surface area contributed by atoms with Crippen LogP contribution in [0, 0.1) is 0 Å². The summed E-state index contributed by atoms with van der Waals surface area (Å²) in [5.41, 5.74) is 0.768. The van der Waals surface area contributed by atoms with Crippen LogP contribution in [0.5, 0.6) is 5.75 Å². The first-order valence-electron chi connectivity index (χ1n) is 6.26. The Hall–Kier alpha value is -0.830. The normalized spacial score (nSPS) is 29.2. The van der Waals surface area contributed by atoms with E-state index < -0.39 is 31.2 Å². The molecule has 114 valence electrons. The van der Waals surface area contributed by atoms with Gasteiger partial charge in [0.1, 0.15) is 24.1 Å². The largest absolute Gasteiger partial charge is 0.460 e. The first-order valence-corrected chi connectivity index (χ1v) is 7.43. The summed E-state index contributed by atoms with van der Waals surface area (Å²) in [5, 5.41) is 30.0. The molecular weight excluding hydrogens is 366 g/mol. The van der Waals surface area contributed by atoms with Crippen molar-refractivity contribution in [3.05, 3.63) is 27.8 Å². The number of benzene rings is 1. The van der Waals surface area contributed by atoms with Gasteiger partial charge in [-0.3, -0.25) is 0 Å². The molecule has 8 heteroatoms. The van der Waals surface area contributed by atoms with Crippen molar-refractivity contribution >= 4 is 38.4 Å². The van der Waals surface area contributed by atoms with E-state index in [-0.39, 0.29) is 0 Å².